The molecule has 0 radical (unpaired) electrons. The number of amides is 1. The molecule has 0 unspecified atom stereocenters. The minimum Gasteiger partial charge on any atom is -0.326 e. The Morgan fingerprint density at radius 3 is 2.75 bits per heavy atom. The molecule has 2 aromatic rings. The summed E-state index contributed by atoms with van der Waals surface area (Å²) in [7, 11) is 0. The van der Waals surface area contributed by atoms with Crippen molar-refractivity contribution in [2.75, 3.05) is 5.32 Å². The van der Waals surface area contributed by atoms with E-state index in [0.717, 1.165) is 31.9 Å². The highest BCUT2D eigenvalue weighted by atomic mass is 35.5. The fourth-order valence-electron chi connectivity index (χ4n) is 3.63. The highest BCUT2D eigenvalue weighted by molar-refractivity contribution is 5.94. The van der Waals surface area contributed by atoms with Crippen LogP contribution in [-0.2, 0) is 4.79 Å². The molecule has 2 aromatic heterocycles. The number of halogens is 2. The van der Waals surface area contributed by atoms with Crippen LogP contribution >= 0.6 is 12.4 Å². The van der Waals surface area contributed by atoms with Crippen molar-refractivity contribution in [3.05, 3.63) is 46.4 Å². The summed E-state index contributed by atoms with van der Waals surface area (Å²) in [5.74, 6) is 0.137. The maximum Gasteiger partial charge on any atom is 0.253 e. The Bertz CT molecular complexity index is 860. The maximum absolute atomic E-state index is 13.4. The molecule has 1 aliphatic carbocycles. The van der Waals surface area contributed by atoms with E-state index in [2.05, 4.69) is 22.3 Å². The average Bonchev–Trinajstić information content (AvgIpc) is 3.11. The molecule has 0 saturated heterocycles. The van der Waals surface area contributed by atoms with E-state index in [1.807, 2.05) is 0 Å². The quantitative estimate of drug-likeness (QED) is 0.703. The molecular formula is C19H27ClFN5O2. The molecule has 1 amide bonds. The van der Waals surface area contributed by atoms with E-state index in [4.69, 9.17) is 5.73 Å². The number of rotatable bonds is 5. The van der Waals surface area contributed by atoms with Crippen molar-refractivity contribution in [1.29, 1.82) is 0 Å². The molecule has 0 aliphatic heterocycles. The van der Waals surface area contributed by atoms with Gasteiger partial charge >= 0.3 is 0 Å². The number of pyridine rings is 1. The Labute approximate surface area is 169 Å². The first-order valence-corrected chi connectivity index (χ1v) is 9.34. The third-order valence-corrected chi connectivity index (χ3v) is 5.48. The van der Waals surface area contributed by atoms with Gasteiger partial charge in [-0.1, -0.05) is 19.8 Å². The van der Waals surface area contributed by atoms with Crippen molar-refractivity contribution in [3.63, 3.8) is 0 Å². The highest BCUT2D eigenvalue weighted by Crippen LogP contribution is 2.30. The lowest BCUT2D eigenvalue weighted by Gasteiger charge is -2.29. The molecule has 0 spiro atoms. The second kappa shape index (κ2) is 9.34. The summed E-state index contributed by atoms with van der Waals surface area (Å²) in [5, 5.41) is 6.98. The SMILES string of the molecule is CC1CCC([C@H](N)C(=O)Nc2cnn([C@@H](C)c3cc(F)c[nH]c3=O)c2)CC1.Cl. The molecule has 1 saturated carbocycles. The van der Waals surface area contributed by atoms with Crippen molar-refractivity contribution in [2.45, 2.75) is 51.6 Å². The Morgan fingerprint density at radius 2 is 2.07 bits per heavy atom. The van der Waals surface area contributed by atoms with Crippen LogP contribution in [0.4, 0.5) is 10.1 Å². The van der Waals surface area contributed by atoms with Crippen LogP contribution < -0.4 is 16.6 Å². The minimum atomic E-state index is -0.552. The summed E-state index contributed by atoms with van der Waals surface area (Å²) in [6.45, 7) is 3.96. The van der Waals surface area contributed by atoms with E-state index in [1.165, 1.54) is 16.9 Å². The van der Waals surface area contributed by atoms with E-state index >= 15 is 0 Å². The van der Waals surface area contributed by atoms with E-state index in [9.17, 15) is 14.0 Å². The van der Waals surface area contributed by atoms with Gasteiger partial charge in [0.1, 0.15) is 5.82 Å². The predicted octanol–water partition coefficient (Wildman–Crippen LogP) is 2.83. The zero-order valence-corrected chi connectivity index (χ0v) is 16.8. The number of nitrogens with one attached hydrogen (secondary N) is 2. The lowest BCUT2D eigenvalue weighted by atomic mass is 9.79. The van der Waals surface area contributed by atoms with E-state index in [0.29, 0.717) is 11.6 Å². The summed E-state index contributed by atoms with van der Waals surface area (Å²) in [6, 6.07) is 0.150. The van der Waals surface area contributed by atoms with Crippen molar-refractivity contribution in [3.8, 4) is 0 Å². The smallest absolute Gasteiger partial charge is 0.253 e. The van der Waals surface area contributed by atoms with Crippen LogP contribution in [0.25, 0.3) is 0 Å². The number of hydrogen-bond donors (Lipinski definition) is 3. The van der Waals surface area contributed by atoms with Gasteiger partial charge in [0.15, 0.2) is 0 Å². The van der Waals surface area contributed by atoms with Gasteiger partial charge in [-0.05, 0) is 37.7 Å². The fourth-order valence-corrected chi connectivity index (χ4v) is 3.63. The van der Waals surface area contributed by atoms with Gasteiger partial charge in [-0.2, -0.15) is 5.10 Å². The first kappa shape index (κ1) is 22.1. The Kier molecular flexibility index (Phi) is 7.37. The van der Waals surface area contributed by atoms with Crippen molar-refractivity contribution >= 4 is 24.0 Å². The fraction of sp³-hybridized carbons (Fsp3) is 0.526. The van der Waals surface area contributed by atoms with Gasteiger partial charge in [-0.15, -0.1) is 12.4 Å². The predicted molar refractivity (Wildman–Crippen MR) is 108 cm³/mol. The standard InChI is InChI=1S/C19H26FN5O2.ClH/c1-11-3-5-13(6-4-11)17(21)19(27)24-15-9-23-25(10-15)12(2)16-7-14(20)8-22-18(16)26;/h7-13,17H,3-6,21H2,1-2H3,(H,22,26)(H,24,27);1H/t11?,12-,13?,17-;/m0./s1. The van der Waals surface area contributed by atoms with Gasteiger partial charge in [-0.3, -0.25) is 14.3 Å². The van der Waals surface area contributed by atoms with Crippen LogP contribution in [0.15, 0.2) is 29.5 Å². The Balaban J connectivity index is 0.00000280. The third-order valence-electron chi connectivity index (χ3n) is 5.48. The van der Waals surface area contributed by atoms with Crippen LogP contribution in [0.3, 0.4) is 0 Å². The first-order chi connectivity index (χ1) is 12.8. The van der Waals surface area contributed by atoms with Crippen LogP contribution in [0, 0.1) is 17.7 Å². The molecule has 0 aromatic carbocycles. The van der Waals surface area contributed by atoms with Crippen molar-refractivity contribution < 1.29 is 9.18 Å². The second-order valence-electron chi connectivity index (χ2n) is 7.52. The van der Waals surface area contributed by atoms with Gasteiger partial charge in [0.2, 0.25) is 5.91 Å². The first-order valence-electron chi connectivity index (χ1n) is 9.34. The van der Waals surface area contributed by atoms with Gasteiger partial charge in [0, 0.05) is 18.0 Å². The van der Waals surface area contributed by atoms with Crippen LogP contribution in [0.2, 0.25) is 0 Å². The third kappa shape index (κ3) is 4.99. The van der Waals surface area contributed by atoms with Gasteiger partial charge < -0.3 is 16.0 Å². The topological polar surface area (TPSA) is 106 Å². The number of H-pyrrole nitrogens is 1. The number of anilines is 1. The minimum absolute atomic E-state index is 0. The normalized spacial score (nSPS) is 21.4. The number of aromatic nitrogens is 3. The molecule has 1 aliphatic rings. The second-order valence-corrected chi connectivity index (χ2v) is 7.52. The summed E-state index contributed by atoms with van der Waals surface area (Å²) in [5.41, 5.74) is 6.53. The zero-order chi connectivity index (χ0) is 19.6. The molecular weight excluding hydrogens is 385 g/mol. The summed E-state index contributed by atoms with van der Waals surface area (Å²) >= 11 is 0. The number of hydrogen-bond acceptors (Lipinski definition) is 4. The molecule has 2 atom stereocenters. The van der Waals surface area contributed by atoms with Crippen LogP contribution in [0.5, 0.6) is 0 Å². The molecule has 9 heteroatoms. The summed E-state index contributed by atoms with van der Waals surface area (Å²) in [6.07, 6.45) is 8.26. The lowest BCUT2D eigenvalue weighted by molar-refractivity contribution is -0.118. The lowest BCUT2D eigenvalue weighted by Crippen LogP contribution is -2.43. The maximum atomic E-state index is 13.4. The van der Waals surface area contributed by atoms with Crippen molar-refractivity contribution in [1.82, 2.24) is 14.8 Å². The van der Waals surface area contributed by atoms with Crippen molar-refractivity contribution in [2.24, 2.45) is 17.6 Å². The van der Waals surface area contributed by atoms with Crippen LogP contribution in [-0.4, -0.2) is 26.7 Å². The zero-order valence-electron chi connectivity index (χ0n) is 16.0. The largest absolute Gasteiger partial charge is 0.326 e. The molecule has 3 rings (SSSR count). The Morgan fingerprint density at radius 1 is 1.39 bits per heavy atom. The van der Waals surface area contributed by atoms with Gasteiger partial charge in [0.25, 0.3) is 5.56 Å². The molecule has 154 valence electrons. The monoisotopic (exact) mass is 411 g/mol. The van der Waals surface area contributed by atoms with E-state index in [1.54, 1.807) is 13.1 Å². The number of carbonyl (C=O) groups excluding carboxylic acids is 1. The summed E-state index contributed by atoms with van der Waals surface area (Å²) in [4.78, 5) is 26.7. The highest BCUT2D eigenvalue weighted by Gasteiger charge is 2.28. The molecule has 1 fully saturated rings. The number of nitrogens with zero attached hydrogens (tertiary/aromatic N) is 2. The van der Waals surface area contributed by atoms with Crippen LogP contribution in [0.1, 0.15) is 51.1 Å². The van der Waals surface area contributed by atoms with Gasteiger partial charge in [0.05, 0.1) is 24.0 Å². The number of aromatic amines is 1. The Hall–Kier alpha value is -2.19. The molecule has 4 N–H and O–H groups in total. The van der Waals surface area contributed by atoms with Gasteiger partial charge in [-0.25, -0.2) is 4.39 Å². The van der Waals surface area contributed by atoms with E-state index in [-0.39, 0.29) is 35.4 Å². The van der Waals surface area contributed by atoms with E-state index < -0.39 is 17.9 Å². The summed E-state index contributed by atoms with van der Waals surface area (Å²) < 4.78 is 14.9. The number of carbonyl (C=O) groups is 1. The molecule has 7 nitrogen and oxygen atoms in total. The molecule has 2 heterocycles. The number of nitrogens with two attached hydrogens (primary N) is 1. The molecule has 28 heavy (non-hydrogen) atoms. The average molecular weight is 412 g/mol. The molecule has 0 bridgehead atoms.